The van der Waals surface area contributed by atoms with Crippen LogP contribution in [0.1, 0.15) is 35.1 Å². The van der Waals surface area contributed by atoms with Gasteiger partial charge in [0.1, 0.15) is 17.7 Å². The summed E-state index contributed by atoms with van der Waals surface area (Å²) in [5, 5.41) is 9.78. The lowest BCUT2D eigenvalue weighted by molar-refractivity contribution is 0.0697. The third kappa shape index (κ3) is 3.71. The monoisotopic (exact) mass is 406 g/mol. The minimum absolute atomic E-state index is 0.289. The molecule has 0 unspecified atom stereocenters. The van der Waals surface area contributed by atoms with Crippen LogP contribution in [0, 0.1) is 0 Å². The van der Waals surface area contributed by atoms with Crippen LogP contribution in [0.3, 0.4) is 0 Å². The predicted octanol–water partition coefficient (Wildman–Crippen LogP) is 4.85. The van der Waals surface area contributed by atoms with Crippen molar-refractivity contribution in [1.82, 2.24) is 19.5 Å². The van der Waals surface area contributed by atoms with Gasteiger partial charge in [-0.25, -0.2) is 19.7 Å². The van der Waals surface area contributed by atoms with Gasteiger partial charge in [0.05, 0.1) is 12.1 Å². The highest BCUT2D eigenvalue weighted by molar-refractivity contribution is 6.33. The smallest absolute Gasteiger partial charge is 0.336 e. The molecule has 2 heterocycles. The van der Waals surface area contributed by atoms with E-state index in [-0.39, 0.29) is 5.56 Å². The quantitative estimate of drug-likeness (QED) is 0.463. The second-order valence-electron chi connectivity index (χ2n) is 6.75. The summed E-state index contributed by atoms with van der Waals surface area (Å²) in [6.45, 7) is 2.70. The highest BCUT2D eigenvalue weighted by Gasteiger charge is 2.15. The molecule has 6 nitrogen and oxygen atoms in total. The van der Waals surface area contributed by atoms with Gasteiger partial charge in [-0.3, -0.25) is 0 Å². The maximum absolute atomic E-state index is 11.5. The van der Waals surface area contributed by atoms with Crippen molar-refractivity contribution in [2.75, 3.05) is 0 Å². The highest BCUT2D eigenvalue weighted by atomic mass is 35.5. The van der Waals surface area contributed by atoms with Gasteiger partial charge in [0, 0.05) is 6.42 Å². The van der Waals surface area contributed by atoms with E-state index in [1.807, 2.05) is 36.4 Å². The maximum Gasteiger partial charge on any atom is 0.336 e. The third-order valence-corrected chi connectivity index (χ3v) is 5.08. The molecule has 4 rings (SSSR count). The number of benzene rings is 2. The van der Waals surface area contributed by atoms with Crippen molar-refractivity contribution in [2.45, 2.75) is 26.3 Å². The second-order valence-corrected chi connectivity index (χ2v) is 7.11. The van der Waals surface area contributed by atoms with E-state index < -0.39 is 5.97 Å². The number of rotatable bonds is 6. The predicted molar refractivity (Wildman–Crippen MR) is 112 cm³/mol. The highest BCUT2D eigenvalue weighted by Crippen LogP contribution is 2.26. The van der Waals surface area contributed by atoms with Gasteiger partial charge < -0.3 is 9.67 Å². The average molecular weight is 407 g/mol. The number of imidazole rings is 1. The summed E-state index contributed by atoms with van der Waals surface area (Å²) in [5.74, 6) is -0.0134. The molecule has 0 aliphatic heterocycles. The van der Waals surface area contributed by atoms with E-state index in [0.29, 0.717) is 28.4 Å². The molecule has 0 atom stereocenters. The van der Waals surface area contributed by atoms with E-state index in [9.17, 15) is 9.90 Å². The zero-order chi connectivity index (χ0) is 20.4. The zero-order valence-electron chi connectivity index (χ0n) is 15.8. The molecule has 146 valence electrons. The average Bonchev–Trinajstić information content (AvgIpc) is 3.07. The number of halogens is 1. The van der Waals surface area contributed by atoms with E-state index in [4.69, 9.17) is 11.6 Å². The van der Waals surface area contributed by atoms with E-state index in [1.165, 1.54) is 6.33 Å². The van der Waals surface area contributed by atoms with Gasteiger partial charge in [0.2, 0.25) is 0 Å². The molecule has 0 saturated carbocycles. The molecule has 0 aliphatic carbocycles. The molecule has 2 aromatic heterocycles. The van der Waals surface area contributed by atoms with E-state index in [1.54, 1.807) is 12.1 Å². The maximum atomic E-state index is 11.5. The lowest BCUT2D eigenvalue weighted by atomic mass is 9.99. The summed E-state index contributed by atoms with van der Waals surface area (Å²) in [5.41, 5.74) is 4.25. The number of aromatic nitrogens is 4. The molecular formula is C22H19ClN4O2. The molecule has 0 amide bonds. The molecule has 0 bridgehead atoms. The molecule has 2 aromatic carbocycles. The van der Waals surface area contributed by atoms with Crippen LogP contribution < -0.4 is 0 Å². The second kappa shape index (κ2) is 8.01. The van der Waals surface area contributed by atoms with Crippen LogP contribution in [-0.4, -0.2) is 30.6 Å². The number of fused-ring (bicyclic) bond motifs is 1. The van der Waals surface area contributed by atoms with Crippen molar-refractivity contribution in [2.24, 2.45) is 0 Å². The van der Waals surface area contributed by atoms with Crippen LogP contribution in [-0.2, 0) is 13.0 Å². The number of carboxylic acids is 1. The summed E-state index contributed by atoms with van der Waals surface area (Å²) in [6, 6.07) is 14.9. The Morgan fingerprint density at radius 2 is 1.86 bits per heavy atom. The summed E-state index contributed by atoms with van der Waals surface area (Å²) in [6.07, 6.45) is 3.22. The van der Waals surface area contributed by atoms with E-state index in [2.05, 4.69) is 26.4 Å². The number of carboxylic acid groups (broad SMARTS) is 1. The zero-order valence-corrected chi connectivity index (χ0v) is 16.6. The Morgan fingerprint density at radius 1 is 1.10 bits per heavy atom. The Kier molecular flexibility index (Phi) is 5.27. The molecule has 4 aromatic rings. The van der Waals surface area contributed by atoms with Gasteiger partial charge in [0.25, 0.3) is 0 Å². The van der Waals surface area contributed by atoms with Crippen molar-refractivity contribution in [3.05, 3.63) is 77.0 Å². The first-order chi connectivity index (χ1) is 14.1. The number of hydrogen-bond donors (Lipinski definition) is 1. The van der Waals surface area contributed by atoms with Crippen molar-refractivity contribution >= 4 is 28.7 Å². The van der Waals surface area contributed by atoms with Gasteiger partial charge in [-0.05, 0) is 29.2 Å². The Labute approximate surface area is 172 Å². The Bertz CT molecular complexity index is 1190. The normalized spacial score (nSPS) is 11.1. The molecular weight excluding hydrogens is 388 g/mol. The van der Waals surface area contributed by atoms with Crippen molar-refractivity contribution in [3.8, 4) is 11.1 Å². The molecule has 1 N–H and O–H groups in total. The van der Waals surface area contributed by atoms with Crippen LogP contribution in [0.4, 0.5) is 0 Å². The van der Waals surface area contributed by atoms with Gasteiger partial charge >= 0.3 is 5.97 Å². The standard InChI is InChI=1S/C22H19ClN4O2/c1-2-5-18-26-19-20(23)24-13-25-21(19)27(18)12-14-8-10-15(11-9-14)16-6-3-4-7-17(16)22(28)29/h3-4,6-11,13H,2,5,12H2,1H3,(H,28,29). The van der Waals surface area contributed by atoms with Gasteiger partial charge in [0.15, 0.2) is 10.8 Å². The fourth-order valence-electron chi connectivity index (χ4n) is 3.43. The molecule has 0 saturated heterocycles. The summed E-state index contributed by atoms with van der Waals surface area (Å²) >= 11 is 6.20. The summed E-state index contributed by atoms with van der Waals surface area (Å²) in [7, 11) is 0. The van der Waals surface area contributed by atoms with Crippen LogP contribution in [0.5, 0.6) is 0 Å². The van der Waals surface area contributed by atoms with Crippen molar-refractivity contribution < 1.29 is 9.90 Å². The molecule has 0 fully saturated rings. The Morgan fingerprint density at radius 3 is 2.59 bits per heavy atom. The summed E-state index contributed by atoms with van der Waals surface area (Å²) in [4.78, 5) is 24.5. The minimum atomic E-state index is -0.935. The minimum Gasteiger partial charge on any atom is -0.478 e. The van der Waals surface area contributed by atoms with Crippen molar-refractivity contribution in [1.29, 1.82) is 0 Å². The molecule has 29 heavy (non-hydrogen) atoms. The largest absolute Gasteiger partial charge is 0.478 e. The van der Waals surface area contributed by atoms with Crippen LogP contribution in [0.25, 0.3) is 22.3 Å². The molecule has 0 aliphatic rings. The van der Waals surface area contributed by atoms with E-state index >= 15 is 0 Å². The first-order valence-electron chi connectivity index (χ1n) is 9.35. The van der Waals surface area contributed by atoms with Gasteiger partial charge in [-0.15, -0.1) is 0 Å². The fourth-order valence-corrected chi connectivity index (χ4v) is 3.60. The first-order valence-corrected chi connectivity index (χ1v) is 9.73. The van der Waals surface area contributed by atoms with Crippen molar-refractivity contribution in [3.63, 3.8) is 0 Å². The summed E-state index contributed by atoms with van der Waals surface area (Å²) < 4.78 is 2.06. The number of aryl methyl sites for hydroxylation is 1. The SMILES string of the molecule is CCCc1nc2c(Cl)ncnc2n1Cc1ccc(-c2ccccc2C(=O)O)cc1. The van der Waals surface area contributed by atoms with E-state index in [0.717, 1.165) is 29.8 Å². The Hall–Kier alpha value is -3.25. The van der Waals surface area contributed by atoms with Gasteiger partial charge in [-0.1, -0.05) is 61.0 Å². The van der Waals surface area contributed by atoms with Crippen LogP contribution in [0.15, 0.2) is 54.9 Å². The number of carbonyl (C=O) groups is 1. The number of hydrogen-bond acceptors (Lipinski definition) is 4. The fraction of sp³-hybridized carbons (Fsp3) is 0.182. The lowest BCUT2D eigenvalue weighted by Gasteiger charge is -2.10. The number of aromatic carboxylic acids is 1. The molecule has 0 spiro atoms. The van der Waals surface area contributed by atoms with Crippen LogP contribution in [0.2, 0.25) is 5.15 Å². The van der Waals surface area contributed by atoms with Gasteiger partial charge in [-0.2, -0.15) is 0 Å². The molecule has 7 heteroatoms. The number of nitrogens with zero attached hydrogens (tertiary/aromatic N) is 4. The molecule has 0 radical (unpaired) electrons. The topological polar surface area (TPSA) is 80.9 Å². The third-order valence-electron chi connectivity index (χ3n) is 4.80. The lowest BCUT2D eigenvalue weighted by Crippen LogP contribution is -2.06. The first kappa shape index (κ1) is 19.1. The Balaban J connectivity index is 1.69. The van der Waals surface area contributed by atoms with Crippen LogP contribution >= 0.6 is 11.6 Å².